The minimum Gasteiger partial charge on any atom is -0.394 e. The van der Waals surface area contributed by atoms with Crippen LogP contribution >= 0.6 is 0 Å². The van der Waals surface area contributed by atoms with Crippen LogP contribution in [0.1, 0.15) is 18.4 Å². The smallest absolute Gasteiger partial charge is 0.0737 e. The number of hydrogen-bond acceptors (Lipinski definition) is 2. The third-order valence-electron chi connectivity index (χ3n) is 2.37. The average Bonchev–Trinajstić information content (AvgIpc) is 2.67. The van der Waals surface area contributed by atoms with Gasteiger partial charge in [-0.2, -0.15) is 0 Å². The van der Waals surface area contributed by atoms with Gasteiger partial charge >= 0.3 is 0 Å². The van der Waals surface area contributed by atoms with Crippen LogP contribution in [-0.4, -0.2) is 23.5 Å². The molecular formula is C11H13NO. The molecule has 1 aromatic carbocycles. The van der Waals surface area contributed by atoms with Crippen molar-refractivity contribution in [1.82, 2.24) is 0 Å². The van der Waals surface area contributed by atoms with Crippen LogP contribution < -0.4 is 0 Å². The molecule has 0 radical (unpaired) electrons. The normalized spacial score (nSPS) is 21.6. The van der Waals surface area contributed by atoms with Gasteiger partial charge in [0.15, 0.2) is 0 Å². The van der Waals surface area contributed by atoms with Crippen LogP contribution in [0.5, 0.6) is 0 Å². The maximum Gasteiger partial charge on any atom is 0.0737 e. The molecule has 0 aliphatic carbocycles. The van der Waals surface area contributed by atoms with Crippen molar-refractivity contribution in [2.75, 3.05) is 6.61 Å². The number of aliphatic hydroxyl groups is 1. The van der Waals surface area contributed by atoms with Crippen LogP contribution in [-0.2, 0) is 0 Å². The van der Waals surface area contributed by atoms with E-state index in [9.17, 15) is 0 Å². The van der Waals surface area contributed by atoms with Crippen molar-refractivity contribution in [2.45, 2.75) is 18.9 Å². The summed E-state index contributed by atoms with van der Waals surface area (Å²) in [6.45, 7) is 0.177. The van der Waals surface area contributed by atoms with Crippen LogP contribution in [0.2, 0.25) is 0 Å². The monoisotopic (exact) mass is 175 g/mol. The Hall–Kier alpha value is -1.15. The third-order valence-corrected chi connectivity index (χ3v) is 2.37. The second-order valence-corrected chi connectivity index (χ2v) is 3.32. The Morgan fingerprint density at radius 3 is 2.69 bits per heavy atom. The molecule has 0 saturated carbocycles. The molecule has 0 spiro atoms. The van der Waals surface area contributed by atoms with Gasteiger partial charge in [0.25, 0.3) is 0 Å². The van der Waals surface area contributed by atoms with E-state index in [4.69, 9.17) is 5.11 Å². The highest BCUT2D eigenvalue weighted by Crippen LogP contribution is 2.17. The van der Waals surface area contributed by atoms with Crippen molar-refractivity contribution in [3.8, 4) is 0 Å². The molecular weight excluding hydrogens is 162 g/mol. The van der Waals surface area contributed by atoms with Crippen LogP contribution in [0, 0.1) is 0 Å². The molecule has 2 rings (SSSR count). The summed E-state index contributed by atoms with van der Waals surface area (Å²) in [5.74, 6) is 0. The second-order valence-electron chi connectivity index (χ2n) is 3.32. The number of nitrogens with zero attached hydrogens (tertiary/aromatic N) is 1. The molecule has 13 heavy (non-hydrogen) atoms. The van der Waals surface area contributed by atoms with E-state index >= 15 is 0 Å². The first-order valence-corrected chi connectivity index (χ1v) is 4.63. The molecule has 1 atom stereocenters. The predicted octanol–water partition coefficient (Wildman–Crippen LogP) is 1.63. The molecule has 1 aliphatic heterocycles. The summed E-state index contributed by atoms with van der Waals surface area (Å²) in [5, 5.41) is 8.92. The molecule has 1 aliphatic rings. The fourth-order valence-electron chi connectivity index (χ4n) is 1.63. The SMILES string of the molecule is OCC1CCC(c2ccccc2)=N1. The van der Waals surface area contributed by atoms with E-state index < -0.39 is 0 Å². The third kappa shape index (κ3) is 1.78. The maximum atomic E-state index is 8.92. The summed E-state index contributed by atoms with van der Waals surface area (Å²) in [7, 11) is 0. The summed E-state index contributed by atoms with van der Waals surface area (Å²) in [6, 6.07) is 10.3. The lowest BCUT2D eigenvalue weighted by molar-refractivity contribution is 0.267. The van der Waals surface area contributed by atoms with Crippen molar-refractivity contribution in [1.29, 1.82) is 0 Å². The topological polar surface area (TPSA) is 32.6 Å². The largest absolute Gasteiger partial charge is 0.394 e. The van der Waals surface area contributed by atoms with Gasteiger partial charge in [-0.05, 0) is 18.4 Å². The predicted molar refractivity (Wildman–Crippen MR) is 53.1 cm³/mol. The fraction of sp³-hybridized carbons (Fsp3) is 0.364. The van der Waals surface area contributed by atoms with Crippen molar-refractivity contribution < 1.29 is 5.11 Å². The molecule has 2 heteroatoms. The van der Waals surface area contributed by atoms with Crippen LogP contribution in [0.25, 0.3) is 0 Å². The van der Waals surface area contributed by atoms with E-state index in [-0.39, 0.29) is 12.6 Å². The first-order chi connectivity index (χ1) is 6.40. The minimum absolute atomic E-state index is 0.134. The standard InChI is InChI=1S/C11H13NO/c13-8-10-6-7-11(12-10)9-4-2-1-3-5-9/h1-5,10,13H,6-8H2. The zero-order valence-corrected chi connectivity index (χ0v) is 7.48. The van der Waals surface area contributed by atoms with E-state index in [2.05, 4.69) is 17.1 Å². The Kier molecular flexibility index (Phi) is 2.41. The molecule has 2 nitrogen and oxygen atoms in total. The van der Waals surface area contributed by atoms with Crippen LogP contribution in [0.4, 0.5) is 0 Å². The van der Waals surface area contributed by atoms with Gasteiger partial charge in [-0.1, -0.05) is 30.3 Å². The fourth-order valence-corrected chi connectivity index (χ4v) is 1.63. The lowest BCUT2D eigenvalue weighted by Gasteiger charge is -1.98. The van der Waals surface area contributed by atoms with Crippen LogP contribution in [0.15, 0.2) is 35.3 Å². The molecule has 68 valence electrons. The summed E-state index contributed by atoms with van der Waals surface area (Å²) in [6.07, 6.45) is 1.98. The number of aliphatic imine (C=N–C) groups is 1. The highest BCUT2D eigenvalue weighted by molar-refractivity contribution is 6.01. The highest BCUT2D eigenvalue weighted by Gasteiger charge is 2.16. The van der Waals surface area contributed by atoms with Crippen molar-refractivity contribution in [2.24, 2.45) is 4.99 Å². The minimum atomic E-state index is 0.134. The van der Waals surface area contributed by atoms with Crippen molar-refractivity contribution in [3.63, 3.8) is 0 Å². The Morgan fingerprint density at radius 2 is 2.08 bits per heavy atom. The van der Waals surface area contributed by atoms with Crippen molar-refractivity contribution in [3.05, 3.63) is 35.9 Å². The molecule has 1 N–H and O–H groups in total. The molecule has 0 amide bonds. The molecule has 1 aromatic rings. The number of rotatable bonds is 2. The maximum absolute atomic E-state index is 8.92. The van der Waals surface area contributed by atoms with Gasteiger partial charge in [0.05, 0.1) is 12.6 Å². The average molecular weight is 175 g/mol. The van der Waals surface area contributed by atoms with Gasteiger partial charge in [0.2, 0.25) is 0 Å². The molecule has 0 saturated heterocycles. The summed E-state index contributed by atoms with van der Waals surface area (Å²) in [5.41, 5.74) is 2.33. The van der Waals surface area contributed by atoms with Gasteiger partial charge in [0, 0.05) is 5.71 Å². The van der Waals surface area contributed by atoms with Gasteiger partial charge in [0.1, 0.15) is 0 Å². The van der Waals surface area contributed by atoms with Gasteiger partial charge in [-0.25, -0.2) is 0 Å². The quantitative estimate of drug-likeness (QED) is 0.728. The van der Waals surface area contributed by atoms with Gasteiger partial charge in [-0.15, -0.1) is 0 Å². The van der Waals surface area contributed by atoms with Crippen LogP contribution in [0.3, 0.4) is 0 Å². The summed E-state index contributed by atoms with van der Waals surface area (Å²) < 4.78 is 0. The molecule has 1 unspecified atom stereocenters. The van der Waals surface area contributed by atoms with E-state index in [1.54, 1.807) is 0 Å². The lowest BCUT2D eigenvalue weighted by atomic mass is 10.1. The first kappa shape index (κ1) is 8.45. The lowest BCUT2D eigenvalue weighted by Crippen LogP contribution is -2.04. The highest BCUT2D eigenvalue weighted by atomic mass is 16.3. The van der Waals surface area contributed by atoms with Gasteiger partial charge in [-0.3, -0.25) is 4.99 Å². The van der Waals surface area contributed by atoms with Crippen molar-refractivity contribution >= 4 is 5.71 Å². The summed E-state index contributed by atoms with van der Waals surface area (Å²) in [4.78, 5) is 4.44. The summed E-state index contributed by atoms with van der Waals surface area (Å²) >= 11 is 0. The molecule has 0 fully saturated rings. The zero-order chi connectivity index (χ0) is 9.10. The van der Waals surface area contributed by atoms with E-state index in [0.717, 1.165) is 18.6 Å². The van der Waals surface area contributed by atoms with E-state index in [1.807, 2.05) is 18.2 Å². The van der Waals surface area contributed by atoms with Gasteiger partial charge < -0.3 is 5.11 Å². The first-order valence-electron chi connectivity index (χ1n) is 4.63. The Morgan fingerprint density at radius 1 is 1.31 bits per heavy atom. The Labute approximate surface area is 77.9 Å². The number of benzene rings is 1. The van der Waals surface area contributed by atoms with E-state index in [0.29, 0.717) is 0 Å². The number of aliphatic hydroxyl groups excluding tert-OH is 1. The zero-order valence-electron chi connectivity index (χ0n) is 7.48. The Balaban J connectivity index is 2.19. The van der Waals surface area contributed by atoms with E-state index in [1.165, 1.54) is 5.56 Å². The second kappa shape index (κ2) is 3.71. The molecule has 0 bridgehead atoms. The Bertz CT molecular complexity index is 305. The molecule has 1 heterocycles. The number of hydrogen-bond donors (Lipinski definition) is 1. The molecule has 0 aromatic heterocycles.